The van der Waals surface area contributed by atoms with Crippen molar-refractivity contribution in [2.45, 2.75) is 18.7 Å². The van der Waals surface area contributed by atoms with Crippen molar-refractivity contribution in [3.05, 3.63) is 58.6 Å². The first kappa shape index (κ1) is 21.3. The quantitative estimate of drug-likeness (QED) is 0.488. The van der Waals surface area contributed by atoms with Crippen LogP contribution >= 0.6 is 0 Å². The Morgan fingerprint density at radius 2 is 1.71 bits per heavy atom. The first-order valence-corrected chi connectivity index (χ1v) is 10.1. The molecule has 2 rings (SSSR count). The molecule has 0 radical (unpaired) electrons. The number of sulfonamides is 1. The average molecular weight is 406 g/mol. The van der Waals surface area contributed by atoms with Crippen molar-refractivity contribution >= 4 is 33.0 Å². The van der Waals surface area contributed by atoms with Crippen LogP contribution < -0.4 is 10.6 Å². The summed E-state index contributed by atoms with van der Waals surface area (Å²) < 4.78 is 26.3. The lowest BCUT2D eigenvalue weighted by atomic mass is 10.3. The van der Waals surface area contributed by atoms with Gasteiger partial charge in [-0.05, 0) is 30.3 Å². The lowest BCUT2D eigenvalue weighted by Gasteiger charge is -2.18. The van der Waals surface area contributed by atoms with E-state index in [1.165, 1.54) is 34.6 Å². The summed E-state index contributed by atoms with van der Waals surface area (Å²) in [5.74, 6) is -0.389. The molecule has 28 heavy (non-hydrogen) atoms. The molecule has 0 heterocycles. The lowest BCUT2D eigenvalue weighted by molar-refractivity contribution is -0.384. The first-order chi connectivity index (χ1) is 13.3. The molecule has 0 aliphatic heterocycles. The molecule has 0 saturated heterocycles. The van der Waals surface area contributed by atoms with Crippen molar-refractivity contribution < 1.29 is 18.1 Å². The Morgan fingerprint density at radius 1 is 1.07 bits per heavy atom. The second-order valence-electron chi connectivity index (χ2n) is 5.82. The van der Waals surface area contributed by atoms with E-state index in [0.717, 1.165) is 0 Å². The van der Waals surface area contributed by atoms with E-state index in [9.17, 15) is 23.3 Å². The van der Waals surface area contributed by atoms with Gasteiger partial charge in [0.2, 0.25) is 15.9 Å². The predicted octanol–water partition coefficient (Wildman–Crippen LogP) is 2.68. The fourth-order valence-corrected chi connectivity index (χ4v) is 4.00. The minimum Gasteiger partial charge on any atom is -0.376 e. The molecule has 0 aliphatic rings. The fourth-order valence-electron chi connectivity index (χ4n) is 2.54. The number of nitro benzene ring substituents is 1. The summed E-state index contributed by atoms with van der Waals surface area (Å²) >= 11 is 0. The highest BCUT2D eigenvalue weighted by atomic mass is 32.2. The second kappa shape index (κ2) is 9.29. The van der Waals surface area contributed by atoms with Crippen molar-refractivity contribution in [1.29, 1.82) is 0 Å². The molecule has 150 valence electrons. The van der Waals surface area contributed by atoms with Crippen LogP contribution in [0, 0.1) is 10.1 Å². The van der Waals surface area contributed by atoms with Crippen LogP contribution in [0.3, 0.4) is 0 Å². The highest BCUT2D eigenvalue weighted by molar-refractivity contribution is 7.89. The summed E-state index contributed by atoms with van der Waals surface area (Å²) in [6.07, 6.45) is 0. The van der Waals surface area contributed by atoms with Crippen LogP contribution in [0.4, 0.5) is 17.1 Å². The van der Waals surface area contributed by atoms with E-state index >= 15 is 0 Å². The van der Waals surface area contributed by atoms with E-state index in [-0.39, 0.29) is 23.0 Å². The number of hydrogen-bond donors (Lipinski definition) is 2. The number of nitrogens with one attached hydrogen (secondary N) is 2. The van der Waals surface area contributed by atoms with Crippen LogP contribution in [0.1, 0.15) is 13.8 Å². The van der Waals surface area contributed by atoms with Gasteiger partial charge in [-0.25, -0.2) is 8.42 Å². The third-order valence-corrected chi connectivity index (χ3v) is 6.06. The van der Waals surface area contributed by atoms with Crippen LogP contribution in [0.15, 0.2) is 53.4 Å². The standard InChI is InChI=1S/C18H22N4O5S/c1-3-21(4-2)28(26,27)17-10-8-14(9-11-17)19-13-18(23)20-15-6-5-7-16(12-15)22(24)25/h5-12,19H,3-4,13H2,1-2H3,(H,20,23). The summed E-state index contributed by atoms with van der Waals surface area (Å²) in [6.45, 7) is 4.24. The number of non-ortho nitro benzene ring substituents is 1. The average Bonchev–Trinajstić information content (AvgIpc) is 2.67. The number of carbonyl (C=O) groups is 1. The van der Waals surface area contributed by atoms with E-state index in [0.29, 0.717) is 24.5 Å². The maximum absolute atomic E-state index is 12.4. The van der Waals surface area contributed by atoms with Gasteiger partial charge < -0.3 is 10.6 Å². The third kappa shape index (κ3) is 5.27. The molecule has 0 unspecified atom stereocenters. The zero-order valence-electron chi connectivity index (χ0n) is 15.6. The van der Waals surface area contributed by atoms with E-state index in [1.807, 2.05) is 0 Å². The van der Waals surface area contributed by atoms with Gasteiger partial charge in [0.05, 0.1) is 16.4 Å². The molecule has 0 bridgehead atoms. The number of carbonyl (C=O) groups excluding carboxylic acids is 1. The van der Waals surface area contributed by atoms with Crippen LogP contribution in [-0.4, -0.2) is 43.2 Å². The van der Waals surface area contributed by atoms with Gasteiger partial charge in [-0.3, -0.25) is 14.9 Å². The van der Waals surface area contributed by atoms with Crippen LogP contribution in [-0.2, 0) is 14.8 Å². The Hall–Kier alpha value is -2.98. The van der Waals surface area contributed by atoms with E-state index < -0.39 is 14.9 Å². The molecule has 10 heteroatoms. The van der Waals surface area contributed by atoms with Gasteiger partial charge in [-0.2, -0.15) is 4.31 Å². The maximum atomic E-state index is 12.4. The topological polar surface area (TPSA) is 122 Å². The molecule has 0 aromatic heterocycles. The van der Waals surface area contributed by atoms with Gasteiger partial charge in [-0.15, -0.1) is 0 Å². The summed E-state index contributed by atoms with van der Waals surface area (Å²) in [5.41, 5.74) is 0.783. The minimum absolute atomic E-state index is 0.0785. The van der Waals surface area contributed by atoms with Gasteiger partial charge in [0.1, 0.15) is 0 Å². The summed E-state index contributed by atoms with van der Waals surface area (Å²) in [5, 5.41) is 16.2. The lowest BCUT2D eigenvalue weighted by Crippen LogP contribution is -2.30. The molecule has 2 aromatic carbocycles. The summed E-state index contributed by atoms with van der Waals surface area (Å²) in [6, 6.07) is 11.8. The van der Waals surface area contributed by atoms with Crippen molar-refractivity contribution in [3.8, 4) is 0 Å². The molecule has 0 fully saturated rings. The molecular formula is C18H22N4O5S. The number of rotatable bonds is 9. The van der Waals surface area contributed by atoms with Gasteiger partial charge >= 0.3 is 0 Å². The molecule has 0 aliphatic carbocycles. The third-order valence-electron chi connectivity index (χ3n) is 3.99. The molecule has 0 atom stereocenters. The van der Waals surface area contributed by atoms with E-state index in [4.69, 9.17) is 0 Å². The Balaban J connectivity index is 1.97. The zero-order chi connectivity index (χ0) is 20.7. The second-order valence-corrected chi connectivity index (χ2v) is 7.76. The number of nitro groups is 1. The van der Waals surface area contributed by atoms with Gasteiger partial charge in [0.15, 0.2) is 0 Å². The Bertz CT molecular complexity index is 941. The number of benzene rings is 2. The van der Waals surface area contributed by atoms with Crippen molar-refractivity contribution in [2.75, 3.05) is 30.3 Å². The minimum atomic E-state index is -3.53. The number of hydrogen-bond acceptors (Lipinski definition) is 6. The van der Waals surface area contributed by atoms with Gasteiger partial charge in [-0.1, -0.05) is 19.9 Å². The smallest absolute Gasteiger partial charge is 0.271 e. The SMILES string of the molecule is CCN(CC)S(=O)(=O)c1ccc(NCC(=O)Nc2cccc([N+](=O)[O-])c2)cc1. The molecule has 9 nitrogen and oxygen atoms in total. The van der Waals surface area contributed by atoms with Crippen molar-refractivity contribution in [2.24, 2.45) is 0 Å². The Labute approximate surface area is 163 Å². The fraction of sp³-hybridized carbons (Fsp3) is 0.278. The van der Waals surface area contributed by atoms with Crippen LogP contribution in [0.5, 0.6) is 0 Å². The number of nitrogens with zero attached hydrogens (tertiary/aromatic N) is 2. The van der Waals surface area contributed by atoms with E-state index in [1.54, 1.807) is 32.0 Å². The highest BCUT2D eigenvalue weighted by Crippen LogP contribution is 2.19. The zero-order valence-corrected chi connectivity index (χ0v) is 16.4. The molecule has 2 N–H and O–H groups in total. The van der Waals surface area contributed by atoms with Crippen LogP contribution in [0.2, 0.25) is 0 Å². The van der Waals surface area contributed by atoms with E-state index in [2.05, 4.69) is 10.6 Å². The number of anilines is 2. The van der Waals surface area contributed by atoms with Crippen LogP contribution in [0.25, 0.3) is 0 Å². The normalized spacial score (nSPS) is 11.2. The molecule has 2 aromatic rings. The Morgan fingerprint density at radius 3 is 2.29 bits per heavy atom. The van der Waals surface area contributed by atoms with Crippen molar-refractivity contribution in [1.82, 2.24) is 4.31 Å². The summed E-state index contributed by atoms with van der Waals surface area (Å²) in [4.78, 5) is 22.4. The predicted molar refractivity (Wildman–Crippen MR) is 107 cm³/mol. The Kier molecular flexibility index (Phi) is 7.07. The molecular weight excluding hydrogens is 384 g/mol. The number of amides is 1. The summed E-state index contributed by atoms with van der Waals surface area (Å²) in [7, 11) is -3.53. The van der Waals surface area contributed by atoms with Gasteiger partial charge in [0, 0.05) is 36.6 Å². The van der Waals surface area contributed by atoms with Gasteiger partial charge in [0.25, 0.3) is 5.69 Å². The first-order valence-electron chi connectivity index (χ1n) is 8.66. The molecule has 0 spiro atoms. The van der Waals surface area contributed by atoms with Crippen molar-refractivity contribution in [3.63, 3.8) is 0 Å². The maximum Gasteiger partial charge on any atom is 0.271 e. The molecule has 0 saturated carbocycles. The highest BCUT2D eigenvalue weighted by Gasteiger charge is 2.21. The molecule has 1 amide bonds. The largest absolute Gasteiger partial charge is 0.376 e. The monoisotopic (exact) mass is 406 g/mol.